The number of hydrazine groups is 1. The van der Waals surface area contributed by atoms with Crippen molar-refractivity contribution in [3.8, 4) is 0 Å². The summed E-state index contributed by atoms with van der Waals surface area (Å²) in [6, 6.07) is 15.2. The van der Waals surface area contributed by atoms with E-state index in [1.807, 2.05) is 49.4 Å². The van der Waals surface area contributed by atoms with E-state index < -0.39 is 0 Å². The van der Waals surface area contributed by atoms with Gasteiger partial charge in [0.25, 0.3) is 0 Å². The summed E-state index contributed by atoms with van der Waals surface area (Å²) in [5.74, 6) is -0.164. The average molecular weight is 353 g/mol. The third-order valence-electron chi connectivity index (χ3n) is 3.92. The standard InChI is InChI=1S/C19H19N3O2S/c1-3-13-9-6-7-12(2)17(13)20-19(25)22-21-18(23)16-11-14-8-4-5-10-15(14)24-16/h4-11H,3H2,1-2H3,(H,21,23)(H2,20,22,25). The molecule has 1 amide bonds. The molecule has 0 unspecified atom stereocenters. The lowest BCUT2D eigenvalue weighted by atomic mass is 10.1. The van der Waals surface area contributed by atoms with Crippen molar-refractivity contribution >= 4 is 39.9 Å². The lowest BCUT2D eigenvalue weighted by Crippen LogP contribution is -2.43. The van der Waals surface area contributed by atoms with Crippen LogP contribution in [0, 0.1) is 6.92 Å². The van der Waals surface area contributed by atoms with Gasteiger partial charge in [-0.25, -0.2) is 0 Å². The highest BCUT2D eigenvalue weighted by Gasteiger charge is 2.12. The third-order valence-corrected chi connectivity index (χ3v) is 4.12. The number of benzene rings is 2. The first-order valence-electron chi connectivity index (χ1n) is 8.03. The average Bonchev–Trinajstić information content (AvgIpc) is 3.05. The third kappa shape index (κ3) is 3.80. The summed E-state index contributed by atoms with van der Waals surface area (Å²) < 4.78 is 5.52. The van der Waals surface area contributed by atoms with Gasteiger partial charge in [-0.1, -0.05) is 43.3 Å². The van der Waals surface area contributed by atoms with Crippen LogP contribution in [0.5, 0.6) is 0 Å². The van der Waals surface area contributed by atoms with E-state index in [2.05, 4.69) is 23.1 Å². The second kappa shape index (κ2) is 7.36. The minimum atomic E-state index is -0.388. The maximum atomic E-state index is 12.2. The predicted molar refractivity (Wildman–Crippen MR) is 104 cm³/mol. The molecule has 0 aliphatic carbocycles. The minimum Gasteiger partial charge on any atom is -0.451 e. The SMILES string of the molecule is CCc1cccc(C)c1NC(=S)NNC(=O)c1cc2ccccc2o1. The van der Waals surface area contributed by atoms with Gasteiger partial charge in [0.15, 0.2) is 10.9 Å². The molecule has 3 N–H and O–H groups in total. The molecule has 0 aliphatic rings. The molecule has 0 bridgehead atoms. The van der Waals surface area contributed by atoms with Crippen molar-refractivity contribution in [2.24, 2.45) is 0 Å². The Labute approximate surface area is 151 Å². The highest BCUT2D eigenvalue weighted by molar-refractivity contribution is 7.80. The van der Waals surface area contributed by atoms with Crippen molar-refractivity contribution in [3.05, 3.63) is 65.4 Å². The van der Waals surface area contributed by atoms with Crippen molar-refractivity contribution in [1.29, 1.82) is 0 Å². The molecule has 0 radical (unpaired) electrons. The van der Waals surface area contributed by atoms with Crippen LogP contribution in [0.15, 0.2) is 52.9 Å². The van der Waals surface area contributed by atoms with E-state index in [1.165, 1.54) is 0 Å². The number of carbonyl (C=O) groups is 1. The quantitative estimate of drug-likeness (QED) is 0.492. The van der Waals surface area contributed by atoms with Gasteiger partial charge < -0.3 is 9.73 Å². The molecular formula is C19H19N3O2S. The number of anilines is 1. The summed E-state index contributed by atoms with van der Waals surface area (Å²) in [7, 11) is 0. The molecule has 1 aromatic heterocycles. The fourth-order valence-electron chi connectivity index (χ4n) is 2.62. The van der Waals surface area contributed by atoms with Gasteiger partial charge in [-0.3, -0.25) is 15.6 Å². The molecule has 5 nitrogen and oxygen atoms in total. The molecule has 25 heavy (non-hydrogen) atoms. The van der Waals surface area contributed by atoms with Gasteiger partial charge in [-0.15, -0.1) is 0 Å². The number of thiocarbonyl (C=S) groups is 1. The molecule has 0 aliphatic heterocycles. The maximum absolute atomic E-state index is 12.2. The maximum Gasteiger partial charge on any atom is 0.305 e. The summed E-state index contributed by atoms with van der Waals surface area (Å²) >= 11 is 5.27. The van der Waals surface area contributed by atoms with E-state index in [4.69, 9.17) is 16.6 Å². The Morgan fingerprint density at radius 3 is 2.68 bits per heavy atom. The van der Waals surface area contributed by atoms with Gasteiger partial charge in [0.1, 0.15) is 5.58 Å². The monoisotopic (exact) mass is 353 g/mol. The molecule has 128 valence electrons. The summed E-state index contributed by atoms with van der Waals surface area (Å²) in [4.78, 5) is 12.2. The second-order valence-corrected chi connectivity index (χ2v) is 6.05. The molecular weight excluding hydrogens is 334 g/mol. The highest BCUT2D eigenvalue weighted by Crippen LogP contribution is 2.21. The Balaban J connectivity index is 1.63. The molecule has 3 aromatic rings. The van der Waals surface area contributed by atoms with Crippen LogP contribution in [-0.2, 0) is 6.42 Å². The van der Waals surface area contributed by atoms with Crippen LogP contribution in [0.25, 0.3) is 11.0 Å². The predicted octanol–water partition coefficient (Wildman–Crippen LogP) is 3.94. The molecule has 3 rings (SSSR count). The largest absolute Gasteiger partial charge is 0.451 e. The van der Waals surface area contributed by atoms with Gasteiger partial charge in [0, 0.05) is 11.1 Å². The molecule has 0 spiro atoms. The van der Waals surface area contributed by atoms with Gasteiger partial charge in [-0.2, -0.15) is 0 Å². The zero-order valence-corrected chi connectivity index (χ0v) is 14.9. The van der Waals surface area contributed by atoms with E-state index in [0.29, 0.717) is 10.7 Å². The lowest BCUT2D eigenvalue weighted by Gasteiger charge is -2.15. The van der Waals surface area contributed by atoms with Gasteiger partial charge in [0.2, 0.25) is 0 Å². The van der Waals surface area contributed by atoms with Crippen LogP contribution in [0.4, 0.5) is 5.69 Å². The van der Waals surface area contributed by atoms with E-state index in [9.17, 15) is 4.79 Å². The topological polar surface area (TPSA) is 66.3 Å². The van der Waals surface area contributed by atoms with Crippen molar-refractivity contribution in [3.63, 3.8) is 0 Å². The van der Waals surface area contributed by atoms with Crippen molar-refractivity contribution in [2.45, 2.75) is 20.3 Å². The number of nitrogens with one attached hydrogen (secondary N) is 3. The van der Waals surface area contributed by atoms with Crippen LogP contribution in [0.1, 0.15) is 28.6 Å². The number of carbonyl (C=O) groups excluding carboxylic acids is 1. The highest BCUT2D eigenvalue weighted by atomic mass is 32.1. The molecule has 0 fully saturated rings. The van der Waals surface area contributed by atoms with Gasteiger partial charge >= 0.3 is 5.91 Å². The number of hydrogen-bond acceptors (Lipinski definition) is 3. The first-order valence-corrected chi connectivity index (χ1v) is 8.43. The zero-order valence-electron chi connectivity index (χ0n) is 14.1. The van der Waals surface area contributed by atoms with Crippen molar-refractivity contribution in [1.82, 2.24) is 10.9 Å². The minimum absolute atomic E-state index is 0.224. The van der Waals surface area contributed by atoms with Crippen LogP contribution >= 0.6 is 12.2 Å². The normalized spacial score (nSPS) is 10.5. The first-order chi connectivity index (χ1) is 12.1. The van der Waals surface area contributed by atoms with E-state index >= 15 is 0 Å². The summed E-state index contributed by atoms with van der Waals surface area (Å²) in [5, 5.41) is 4.33. The van der Waals surface area contributed by atoms with E-state index in [0.717, 1.165) is 28.6 Å². The Bertz CT molecular complexity index is 900. The summed E-state index contributed by atoms with van der Waals surface area (Å²) in [6.07, 6.45) is 0.887. The Morgan fingerprint density at radius 1 is 1.12 bits per heavy atom. The lowest BCUT2D eigenvalue weighted by molar-refractivity contribution is 0.0918. The number of fused-ring (bicyclic) bond motifs is 1. The summed E-state index contributed by atoms with van der Waals surface area (Å²) in [5.41, 5.74) is 9.14. The van der Waals surface area contributed by atoms with Gasteiger partial charge in [0.05, 0.1) is 0 Å². The van der Waals surface area contributed by atoms with Crippen LogP contribution in [0.3, 0.4) is 0 Å². The first kappa shape index (κ1) is 17.0. The molecule has 2 aromatic carbocycles. The Hall–Kier alpha value is -2.86. The fourth-order valence-corrected chi connectivity index (χ4v) is 2.77. The van der Waals surface area contributed by atoms with E-state index in [1.54, 1.807) is 6.07 Å². The van der Waals surface area contributed by atoms with Crippen molar-refractivity contribution in [2.75, 3.05) is 5.32 Å². The number of aryl methyl sites for hydroxylation is 2. The zero-order chi connectivity index (χ0) is 17.8. The molecule has 1 heterocycles. The summed E-state index contributed by atoms with van der Waals surface area (Å²) in [6.45, 7) is 4.09. The van der Waals surface area contributed by atoms with Crippen LogP contribution in [0.2, 0.25) is 0 Å². The number of amides is 1. The molecule has 0 atom stereocenters. The van der Waals surface area contributed by atoms with Crippen LogP contribution in [-0.4, -0.2) is 11.0 Å². The number of furan rings is 1. The van der Waals surface area contributed by atoms with Crippen LogP contribution < -0.4 is 16.2 Å². The molecule has 0 saturated carbocycles. The number of rotatable bonds is 3. The second-order valence-electron chi connectivity index (χ2n) is 5.64. The van der Waals surface area contributed by atoms with E-state index in [-0.39, 0.29) is 11.7 Å². The fraction of sp³-hybridized carbons (Fsp3) is 0.158. The smallest absolute Gasteiger partial charge is 0.305 e. The molecule has 0 saturated heterocycles. The molecule has 6 heteroatoms. The number of hydrogen-bond donors (Lipinski definition) is 3. The van der Waals surface area contributed by atoms with Gasteiger partial charge in [-0.05, 0) is 48.8 Å². The van der Waals surface area contributed by atoms with Crippen molar-refractivity contribution < 1.29 is 9.21 Å². The Morgan fingerprint density at radius 2 is 1.92 bits per heavy atom. The number of para-hydroxylation sites is 2. The Kier molecular flexibility index (Phi) is 5.00.